The first-order valence-electron chi connectivity index (χ1n) is 8.13. The number of rotatable bonds is 5. The molecule has 0 saturated carbocycles. The van der Waals surface area contributed by atoms with E-state index < -0.39 is 0 Å². The van der Waals surface area contributed by atoms with Crippen molar-refractivity contribution in [3.63, 3.8) is 0 Å². The van der Waals surface area contributed by atoms with Gasteiger partial charge in [-0.2, -0.15) is 0 Å². The van der Waals surface area contributed by atoms with Gasteiger partial charge in [0.25, 0.3) is 0 Å². The van der Waals surface area contributed by atoms with Crippen LogP contribution in [0.5, 0.6) is 0 Å². The molecule has 5 nitrogen and oxygen atoms in total. The van der Waals surface area contributed by atoms with Crippen LogP contribution < -0.4 is 5.32 Å². The van der Waals surface area contributed by atoms with E-state index >= 15 is 0 Å². The molecule has 0 bridgehead atoms. The molecule has 128 valence electrons. The summed E-state index contributed by atoms with van der Waals surface area (Å²) in [6.07, 6.45) is 0.924. The van der Waals surface area contributed by atoms with Gasteiger partial charge >= 0.3 is 0 Å². The molecule has 1 aromatic carbocycles. The normalized spacial score (nSPS) is 16.5. The highest BCUT2D eigenvalue weighted by Crippen LogP contribution is 2.16. The molecule has 1 heterocycles. The van der Waals surface area contributed by atoms with E-state index in [4.69, 9.17) is 0 Å². The maximum atomic E-state index is 11.8. The van der Waals surface area contributed by atoms with E-state index in [0.29, 0.717) is 0 Å². The molecule has 1 saturated heterocycles. The maximum absolute atomic E-state index is 11.8. The third-order valence-electron chi connectivity index (χ3n) is 3.96. The molecule has 0 aliphatic carbocycles. The Morgan fingerprint density at radius 3 is 2.13 bits per heavy atom. The van der Waals surface area contributed by atoms with Crippen LogP contribution in [0, 0.1) is 5.92 Å². The average Bonchev–Trinajstić information content (AvgIpc) is 2.57. The molecule has 1 atom stereocenters. The summed E-state index contributed by atoms with van der Waals surface area (Å²) in [4.78, 5) is 26.0. The van der Waals surface area contributed by atoms with Crippen molar-refractivity contribution in [2.45, 2.75) is 19.9 Å². The van der Waals surface area contributed by atoms with E-state index in [-0.39, 0.29) is 17.7 Å². The van der Waals surface area contributed by atoms with Crippen LogP contribution in [0.15, 0.2) is 30.3 Å². The van der Waals surface area contributed by atoms with Gasteiger partial charge in [-0.1, -0.05) is 44.2 Å². The predicted molar refractivity (Wildman–Crippen MR) is 93.2 cm³/mol. The van der Waals surface area contributed by atoms with Crippen LogP contribution in [0.4, 0.5) is 0 Å². The van der Waals surface area contributed by atoms with Gasteiger partial charge in [0.15, 0.2) is 5.78 Å². The first kappa shape index (κ1) is 19.3. The smallest absolute Gasteiger partial charge is 0.209 e. The number of likely N-dealkylation sites (N-methyl/N-ethyl adjacent to an activating group) is 2. The second-order valence-electron chi connectivity index (χ2n) is 6.13. The van der Waals surface area contributed by atoms with Gasteiger partial charge in [0.1, 0.15) is 0 Å². The van der Waals surface area contributed by atoms with Gasteiger partial charge in [0.2, 0.25) is 6.41 Å². The standard InChI is InChI=1S/C12H17NO.C6H12N2O/c1-9(2)12(14)11(13-3)10-7-5-4-6-8-10;1-7-2-4-8(6-9)5-3-7/h4-9,11,13H,1-3H3;6H,2-5H2,1H3. The van der Waals surface area contributed by atoms with E-state index in [1.165, 1.54) is 0 Å². The lowest BCUT2D eigenvalue weighted by Gasteiger charge is -2.29. The summed E-state index contributed by atoms with van der Waals surface area (Å²) < 4.78 is 0. The summed E-state index contributed by atoms with van der Waals surface area (Å²) in [6, 6.07) is 9.63. The lowest BCUT2D eigenvalue weighted by Crippen LogP contribution is -2.43. The van der Waals surface area contributed by atoms with Crippen LogP contribution in [0.3, 0.4) is 0 Å². The second-order valence-corrected chi connectivity index (χ2v) is 6.13. The molecule has 1 amide bonds. The number of Topliss-reactive ketones (excluding diaryl/α,β-unsaturated/α-hetero) is 1. The molecule has 0 aromatic heterocycles. The number of carbonyl (C=O) groups excluding carboxylic acids is 2. The SMILES string of the molecule is CN1CCN(C=O)CC1.CNC(C(=O)C(C)C)c1ccccc1. The molecule has 0 spiro atoms. The molecule has 1 aliphatic heterocycles. The number of ketones is 1. The minimum atomic E-state index is -0.170. The average molecular weight is 319 g/mol. The van der Waals surface area contributed by atoms with Crippen LogP contribution >= 0.6 is 0 Å². The zero-order valence-corrected chi connectivity index (χ0v) is 14.7. The number of amides is 1. The zero-order chi connectivity index (χ0) is 17.2. The van der Waals surface area contributed by atoms with Crippen molar-refractivity contribution >= 4 is 12.2 Å². The largest absolute Gasteiger partial charge is 0.343 e. The van der Waals surface area contributed by atoms with Gasteiger partial charge in [-0.3, -0.25) is 9.59 Å². The van der Waals surface area contributed by atoms with Crippen molar-refractivity contribution in [1.82, 2.24) is 15.1 Å². The van der Waals surface area contributed by atoms with E-state index in [1.807, 2.05) is 51.2 Å². The van der Waals surface area contributed by atoms with E-state index in [9.17, 15) is 9.59 Å². The van der Waals surface area contributed by atoms with E-state index in [2.05, 4.69) is 17.3 Å². The quantitative estimate of drug-likeness (QED) is 0.837. The molecule has 0 radical (unpaired) electrons. The van der Waals surface area contributed by atoms with Gasteiger partial charge in [-0.15, -0.1) is 0 Å². The number of hydrogen-bond acceptors (Lipinski definition) is 4. The van der Waals surface area contributed by atoms with Gasteiger partial charge < -0.3 is 15.1 Å². The fourth-order valence-corrected chi connectivity index (χ4v) is 2.38. The Morgan fingerprint density at radius 1 is 1.13 bits per heavy atom. The zero-order valence-electron chi connectivity index (χ0n) is 14.7. The van der Waals surface area contributed by atoms with Crippen molar-refractivity contribution in [2.24, 2.45) is 5.92 Å². The summed E-state index contributed by atoms with van der Waals surface area (Å²) in [7, 11) is 3.89. The van der Waals surface area contributed by atoms with E-state index in [1.54, 1.807) is 4.90 Å². The van der Waals surface area contributed by atoms with Crippen molar-refractivity contribution in [1.29, 1.82) is 0 Å². The molecule has 23 heavy (non-hydrogen) atoms. The Kier molecular flexibility index (Phi) is 8.51. The van der Waals surface area contributed by atoms with Gasteiger partial charge in [-0.25, -0.2) is 0 Å². The minimum absolute atomic E-state index is 0.0626. The number of hydrogen-bond donors (Lipinski definition) is 1. The minimum Gasteiger partial charge on any atom is -0.343 e. The van der Waals surface area contributed by atoms with Gasteiger partial charge in [0, 0.05) is 32.1 Å². The lowest BCUT2D eigenvalue weighted by molar-refractivity contribution is -0.124. The number of nitrogens with zero attached hydrogens (tertiary/aromatic N) is 2. The monoisotopic (exact) mass is 319 g/mol. The van der Waals surface area contributed by atoms with Crippen molar-refractivity contribution < 1.29 is 9.59 Å². The fourth-order valence-electron chi connectivity index (χ4n) is 2.38. The van der Waals surface area contributed by atoms with Crippen LogP contribution in [-0.4, -0.2) is 62.3 Å². The highest BCUT2D eigenvalue weighted by molar-refractivity contribution is 5.86. The summed E-state index contributed by atoms with van der Waals surface area (Å²) in [5.41, 5.74) is 1.04. The maximum Gasteiger partial charge on any atom is 0.209 e. The lowest BCUT2D eigenvalue weighted by atomic mass is 9.96. The second kappa shape index (κ2) is 10.1. The summed E-state index contributed by atoms with van der Waals surface area (Å²) in [5, 5.41) is 3.05. The fraction of sp³-hybridized carbons (Fsp3) is 0.556. The Labute approximate surface area is 139 Å². The summed E-state index contributed by atoms with van der Waals surface area (Å²) >= 11 is 0. The summed E-state index contributed by atoms with van der Waals surface area (Å²) in [6.45, 7) is 7.66. The Morgan fingerprint density at radius 2 is 1.70 bits per heavy atom. The summed E-state index contributed by atoms with van der Waals surface area (Å²) in [5.74, 6) is 0.298. The molecule has 1 N–H and O–H groups in total. The molecule has 5 heteroatoms. The highest BCUT2D eigenvalue weighted by Gasteiger charge is 2.20. The van der Waals surface area contributed by atoms with E-state index in [0.717, 1.165) is 38.2 Å². The number of piperazine rings is 1. The molecule has 1 aromatic rings. The Hall–Kier alpha value is -1.72. The topological polar surface area (TPSA) is 52.6 Å². The van der Waals surface area contributed by atoms with Crippen molar-refractivity contribution in [3.05, 3.63) is 35.9 Å². The molecule has 1 fully saturated rings. The Balaban J connectivity index is 0.000000253. The molecule has 1 aliphatic rings. The molecule has 2 rings (SSSR count). The van der Waals surface area contributed by atoms with Crippen LogP contribution in [0.25, 0.3) is 0 Å². The predicted octanol–water partition coefficient (Wildman–Crippen LogP) is 1.56. The highest BCUT2D eigenvalue weighted by atomic mass is 16.1. The number of nitrogens with one attached hydrogen (secondary N) is 1. The third-order valence-corrected chi connectivity index (χ3v) is 3.96. The van der Waals surface area contributed by atoms with Crippen molar-refractivity contribution in [2.75, 3.05) is 40.3 Å². The van der Waals surface area contributed by atoms with Crippen LogP contribution in [-0.2, 0) is 9.59 Å². The number of benzene rings is 1. The molecule has 1 unspecified atom stereocenters. The Bertz CT molecular complexity index is 468. The van der Waals surface area contributed by atoms with Crippen LogP contribution in [0.1, 0.15) is 25.5 Å². The third kappa shape index (κ3) is 6.50. The molecular formula is C18H29N3O2. The van der Waals surface area contributed by atoms with Crippen LogP contribution in [0.2, 0.25) is 0 Å². The van der Waals surface area contributed by atoms with Crippen molar-refractivity contribution in [3.8, 4) is 0 Å². The first-order chi connectivity index (χ1) is 11.0. The molecular weight excluding hydrogens is 290 g/mol. The van der Waals surface area contributed by atoms with Gasteiger partial charge in [0.05, 0.1) is 6.04 Å². The number of carbonyl (C=O) groups is 2. The van der Waals surface area contributed by atoms with Gasteiger partial charge in [-0.05, 0) is 19.7 Å². The first-order valence-corrected chi connectivity index (χ1v) is 8.13.